The third kappa shape index (κ3) is 3.04. The van der Waals surface area contributed by atoms with Gasteiger partial charge in [0, 0.05) is 10.9 Å². The maximum Gasteiger partial charge on any atom is 0.200 e. The zero-order chi connectivity index (χ0) is 17.1. The first-order valence-electron chi connectivity index (χ1n) is 7.68. The van der Waals surface area contributed by atoms with E-state index in [4.69, 9.17) is 15.2 Å². The van der Waals surface area contributed by atoms with Gasteiger partial charge in [-0.2, -0.15) is 0 Å². The van der Waals surface area contributed by atoms with Crippen molar-refractivity contribution in [2.24, 2.45) is 0 Å². The minimum absolute atomic E-state index is 0.0659. The van der Waals surface area contributed by atoms with Crippen LogP contribution in [0.2, 0.25) is 0 Å². The number of carbonyl (C=O) groups excluding carboxylic acids is 1. The van der Waals surface area contributed by atoms with E-state index in [0.717, 1.165) is 22.1 Å². The minimum atomic E-state index is -0.103. The van der Waals surface area contributed by atoms with Gasteiger partial charge in [-0.25, -0.2) is 0 Å². The first kappa shape index (κ1) is 15.9. The van der Waals surface area contributed by atoms with E-state index in [9.17, 15) is 4.79 Å². The predicted octanol–water partition coefficient (Wildman–Crippen LogP) is 4.00. The number of hydrogen-bond acceptors (Lipinski definition) is 4. The van der Waals surface area contributed by atoms with E-state index < -0.39 is 0 Å². The Kier molecular flexibility index (Phi) is 4.38. The van der Waals surface area contributed by atoms with Crippen LogP contribution in [-0.2, 0) is 0 Å². The summed E-state index contributed by atoms with van der Waals surface area (Å²) in [7, 11) is 1.62. The Hall–Kier alpha value is -3.01. The van der Waals surface area contributed by atoms with Crippen molar-refractivity contribution in [1.82, 2.24) is 0 Å². The normalized spacial score (nSPS) is 10.6. The second kappa shape index (κ2) is 6.62. The average molecular weight is 321 g/mol. The van der Waals surface area contributed by atoms with E-state index in [1.54, 1.807) is 25.3 Å². The Labute approximate surface area is 140 Å². The molecule has 0 unspecified atom stereocenters. The fourth-order valence-electron chi connectivity index (χ4n) is 2.71. The number of anilines is 1. The van der Waals surface area contributed by atoms with Gasteiger partial charge in [-0.15, -0.1) is 0 Å². The number of nitrogens with two attached hydrogens (primary N) is 1. The molecule has 4 heteroatoms. The van der Waals surface area contributed by atoms with Crippen molar-refractivity contribution >= 4 is 22.2 Å². The molecule has 122 valence electrons. The first-order chi connectivity index (χ1) is 11.6. The number of methoxy groups -OCH3 is 1. The molecule has 0 aromatic heterocycles. The van der Waals surface area contributed by atoms with Crippen molar-refractivity contribution in [1.29, 1.82) is 0 Å². The highest BCUT2D eigenvalue weighted by Gasteiger charge is 2.14. The molecule has 4 nitrogen and oxygen atoms in total. The summed E-state index contributed by atoms with van der Waals surface area (Å²) in [5, 5.41) is 1.75. The fraction of sp³-hybridized carbons (Fsp3) is 0.150. The summed E-state index contributed by atoms with van der Waals surface area (Å²) in [4.78, 5) is 12.6. The molecule has 0 aliphatic rings. The van der Waals surface area contributed by atoms with Gasteiger partial charge in [-0.3, -0.25) is 4.79 Å². The van der Waals surface area contributed by atoms with E-state index in [1.165, 1.54) is 0 Å². The number of hydrogen-bond donors (Lipinski definition) is 1. The number of benzene rings is 3. The summed E-state index contributed by atoms with van der Waals surface area (Å²) < 4.78 is 11.0. The van der Waals surface area contributed by atoms with Crippen LogP contribution in [0.4, 0.5) is 5.69 Å². The Bertz CT molecular complexity index is 903. The Morgan fingerprint density at radius 1 is 1.00 bits per heavy atom. The lowest BCUT2D eigenvalue weighted by Crippen LogP contribution is -2.13. The van der Waals surface area contributed by atoms with E-state index >= 15 is 0 Å². The number of aryl methyl sites for hydroxylation is 1. The number of fused-ring (bicyclic) bond motifs is 1. The fourth-order valence-corrected chi connectivity index (χ4v) is 2.71. The molecule has 3 aromatic carbocycles. The Balaban J connectivity index is 1.86. The van der Waals surface area contributed by atoms with Gasteiger partial charge in [0.2, 0.25) is 5.78 Å². The molecule has 0 saturated carbocycles. The number of nitrogen functional groups attached to an aromatic ring is 1. The number of rotatable bonds is 5. The van der Waals surface area contributed by atoms with Crippen molar-refractivity contribution in [2.45, 2.75) is 6.92 Å². The largest absolute Gasteiger partial charge is 0.496 e. The molecule has 0 atom stereocenters. The molecule has 0 bridgehead atoms. The molecule has 0 aliphatic carbocycles. The van der Waals surface area contributed by atoms with Crippen molar-refractivity contribution in [3.8, 4) is 11.5 Å². The van der Waals surface area contributed by atoms with Crippen molar-refractivity contribution in [2.75, 3.05) is 19.5 Å². The van der Waals surface area contributed by atoms with E-state index in [2.05, 4.69) is 0 Å². The third-order valence-corrected chi connectivity index (χ3v) is 3.93. The molecule has 0 saturated heterocycles. The van der Waals surface area contributed by atoms with Crippen molar-refractivity contribution in [3.63, 3.8) is 0 Å². The molecule has 0 aliphatic heterocycles. The van der Waals surface area contributed by atoms with E-state index in [-0.39, 0.29) is 12.4 Å². The molecule has 3 aromatic rings. The van der Waals surface area contributed by atoms with Gasteiger partial charge in [-0.1, -0.05) is 30.3 Å². The summed E-state index contributed by atoms with van der Waals surface area (Å²) >= 11 is 0. The van der Waals surface area contributed by atoms with Crippen LogP contribution in [0.15, 0.2) is 54.6 Å². The van der Waals surface area contributed by atoms with Crippen LogP contribution in [0, 0.1) is 6.92 Å². The topological polar surface area (TPSA) is 61.5 Å². The molecular weight excluding hydrogens is 302 g/mol. The van der Waals surface area contributed by atoms with Gasteiger partial charge in [0.1, 0.15) is 11.5 Å². The monoisotopic (exact) mass is 321 g/mol. The summed E-state index contributed by atoms with van der Waals surface area (Å²) in [5.74, 6) is 1.16. The molecule has 3 rings (SSSR count). The highest BCUT2D eigenvalue weighted by molar-refractivity contribution is 6.10. The van der Waals surface area contributed by atoms with Gasteiger partial charge >= 0.3 is 0 Å². The highest BCUT2D eigenvalue weighted by Crippen LogP contribution is 2.29. The van der Waals surface area contributed by atoms with Crippen LogP contribution in [0.1, 0.15) is 15.9 Å². The van der Waals surface area contributed by atoms with Crippen molar-refractivity contribution in [3.05, 3.63) is 65.7 Å². The van der Waals surface area contributed by atoms with Gasteiger partial charge in [0.15, 0.2) is 6.61 Å². The molecule has 24 heavy (non-hydrogen) atoms. The smallest absolute Gasteiger partial charge is 0.200 e. The first-order valence-corrected chi connectivity index (χ1v) is 7.68. The maximum atomic E-state index is 12.6. The number of carbonyl (C=O) groups is 1. The van der Waals surface area contributed by atoms with Crippen LogP contribution in [0.3, 0.4) is 0 Å². The lowest BCUT2D eigenvalue weighted by atomic mass is 10.0. The highest BCUT2D eigenvalue weighted by atomic mass is 16.5. The van der Waals surface area contributed by atoms with Gasteiger partial charge in [0.25, 0.3) is 0 Å². The summed E-state index contributed by atoms with van der Waals surface area (Å²) in [6.07, 6.45) is 0. The molecule has 0 amide bonds. The lowest BCUT2D eigenvalue weighted by Gasteiger charge is -2.12. The van der Waals surface area contributed by atoms with Crippen molar-refractivity contribution < 1.29 is 14.3 Å². The van der Waals surface area contributed by atoms with Crippen LogP contribution in [0.5, 0.6) is 11.5 Å². The molecule has 0 heterocycles. The standard InChI is InChI=1S/C20H19NO3/c1-13-7-9-20(17(21)11-13)24-12-18(22)15-8-10-19(23-2)16-6-4-3-5-14(15)16/h3-11H,12,21H2,1-2H3. The van der Waals surface area contributed by atoms with E-state index in [0.29, 0.717) is 17.0 Å². The van der Waals surface area contributed by atoms with Crippen LogP contribution in [0.25, 0.3) is 10.8 Å². The maximum absolute atomic E-state index is 12.6. The summed E-state index contributed by atoms with van der Waals surface area (Å²) in [6, 6.07) is 16.7. The Morgan fingerprint density at radius 2 is 1.71 bits per heavy atom. The van der Waals surface area contributed by atoms with Gasteiger partial charge in [0.05, 0.1) is 12.8 Å². The summed E-state index contributed by atoms with van der Waals surface area (Å²) in [5.41, 5.74) is 8.11. The minimum Gasteiger partial charge on any atom is -0.496 e. The van der Waals surface area contributed by atoms with Crippen LogP contribution in [-0.4, -0.2) is 19.5 Å². The summed E-state index contributed by atoms with van der Waals surface area (Å²) in [6.45, 7) is 1.89. The molecule has 2 N–H and O–H groups in total. The predicted molar refractivity (Wildman–Crippen MR) is 95.9 cm³/mol. The van der Waals surface area contributed by atoms with Crippen LogP contribution >= 0.6 is 0 Å². The number of Topliss-reactive ketones (excluding diaryl/α,β-unsaturated/α-hetero) is 1. The van der Waals surface area contributed by atoms with Gasteiger partial charge < -0.3 is 15.2 Å². The Morgan fingerprint density at radius 3 is 2.42 bits per heavy atom. The number of ketones is 1. The lowest BCUT2D eigenvalue weighted by molar-refractivity contribution is 0.0924. The molecule has 0 radical (unpaired) electrons. The van der Waals surface area contributed by atoms with Gasteiger partial charge in [-0.05, 0) is 42.1 Å². The molecule has 0 spiro atoms. The van der Waals surface area contributed by atoms with Crippen LogP contribution < -0.4 is 15.2 Å². The quantitative estimate of drug-likeness (QED) is 0.570. The molecular formula is C20H19NO3. The number of ether oxygens (including phenoxy) is 2. The van der Waals surface area contributed by atoms with E-state index in [1.807, 2.05) is 43.3 Å². The average Bonchev–Trinajstić information content (AvgIpc) is 2.59. The third-order valence-electron chi connectivity index (χ3n) is 3.93. The zero-order valence-corrected chi connectivity index (χ0v) is 13.7. The SMILES string of the molecule is COc1ccc(C(=O)COc2ccc(C)cc2N)c2ccccc12. The molecule has 0 fully saturated rings. The zero-order valence-electron chi connectivity index (χ0n) is 13.7. The second-order valence-electron chi connectivity index (χ2n) is 5.61. The second-order valence-corrected chi connectivity index (χ2v) is 5.61.